The van der Waals surface area contributed by atoms with Gasteiger partial charge in [-0.2, -0.15) is 0 Å². The normalized spacial score (nSPS) is 10.9. The van der Waals surface area contributed by atoms with Gasteiger partial charge < -0.3 is 19.4 Å². The summed E-state index contributed by atoms with van der Waals surface area (Å²) >= 11 is 5.88. The van der Waals surface area contributed by atoms with Gasteiger partial charge in [0, 0.05) is 11.8 Å². The highest BCUT2D eigenvalue weighted by Crippen LogP contribution is 2.28. The van der Waals surface area contributed by atoms with Crippen LogP contribution in [0.2, 0.25) is 5.02 Å². The number of nitrogens with one attached hydrogen (secondary N) is 1. The second-order valence-electron chi connectivity index (χ2n) is 4.59. The number of carboxylic acid groups (broad SMARTS) is 1. The van der Waals surface area contributed by atoms with Crippen molar-refractivity contribution in [2.75, 3.05) is 18.4 Å². The fraction of sp³-hybridized carbons (Fsp3) is 0.133. The van der Waals surface area contributed by atoms with Crippen molar-refractivity contribution in [2.24, 2.45) is 0 Å². The van der Waals surface area contributed by atoms with E-state index in [1.807, 2.05) is 0 Å². The SMILES string of the molecule is COc1cc(S(=O)(=O)Nc2ccc(OCC(=O)[O-])cc2)ccc1Cl. The number of rotatable bonds is 7. The highest BCUT2D eigenvalue weighted by atomic mass is 35.5. The van der Waals surface area contributed by atoms with Gasteiger partial charge >= 0.3 is 0 Å². The van der Waals surface area contributed by atoms with E-state index in [9.17, 15) is 18.3 Å². The number of hydrogen-bond acceptors (Lipinski definition) is 6. The molecule has 0 amide bonds. The average molecular weight is 371 g/mol. The molecule has 128 valence electrons. The van der Waals surface area contributed by atoms with Crippen LogP contribution in [-0.4, -0.2) is 28.1 Å². The predicted octanol–water partition coefficient (Wildman–Crippen LogP) is 1.28. The molecular formula is C15H13ClNO6S-. The monoisotopic (exact) mass is 370 g/mol. The van der Waals surface area contributed by atoms with E-state index < -0.39 is 22.6 Å². The molecule has 0 aliphatic carbocycles. The van der Waals surface area contributed by atoms with Crippen LogP contribution in [0.15, 0.2) is 47.4 Å². The molecule has 0 aliphatic rings. The van der Waals surface area contributed by atoms with E-state index in [1.54, 1.807) is 0 Å². The third-order valence-electron chi connectivity index (χ3n) is 2.90. The highest BCUT2D eigenvalue weighted by Gasteiger charge is 2.16. The minimum Gasteiger partial charge on any atom is -0.546 e. The summed E-state index contributed by atoms with van der Waals surface area (Å²) < 4.78 is 37.0. The molecule has 24 heavy (non-hydrogen) atoms. The molecular weight excluding hydrogens is 358 g/mol. The number of ether oxygens (including phenoxy) is 2. The number of benzene rings is 2. The maximum atomic E-state index is 12.4. The van der Waals surface area contributed by atoms with Gasteiger partial charge in [-0.05, 0) is 36.4 Å². The Morgan fingerprint density at radius 1 is 1.21 bits per heavy atom. The number of hydrogen-bond donors (Lipinski definition) is 1. The average Bonchev–Trinajstić information content (AvgIpc) is 2.54. The Morgan fingerprint density at radius 3 is 2.46 bits per heavy atom. The van der Waals surface area contributed by atoms with E-state index in [2.05, 4.69) is 4.72 Å². The van der Waals surface area contributed by atoms with E-state index in [0.29, 0.717) is 5.02 Å². The molecule has 0 saturated carbocycles. The Bertz CT molecular complexity index is 836. The molecule has 2 aromatic rings. The standard InChI is InChI=1S/C15H14ClNO6S/c1-22-14-8-12(6-7-13(14)16)24(20,21)17-10-2-4-11(5-3-10)23-9-15(18)19/h2-8,17H,9H2,1H3,(H,18,19)/p-1. The lowest BCUT2D eigenvalue weighted by atomic mass is 10.3. The van der Waals surface area contributed by atoms with Gasteiger partial charge in [-0.15, -0.1) is 0 Å². The first-order valence-electron chi connectivity index (χ1n) is 6.61. The molecule has 0 spiro atoms. The Hall–Kier alpha value is -2.45. The zero-order valence-corrected chi connectivity index (χ0v) is 14.1. The highest BCUT2D eigenvalue weighted by molar-refractivity contribution is 7.92. The number of halogens is 1. The molecule has 2 aromatic carbocycles. The van der Waals surface area contributed by atoms with Gasteiger partial charge in [-0.25, -0.2) is 8.42 Å². The van der Waals surface area contributed by atoms with E-state index >= 15 is 0 Å². The summed E-state index contributed by atoms with van der Waals surface area (Å²) in [6, 6.07) is 9.83. The molecule has 0 heterocycles. The Morgan fingerprint density at radius 2 is 1.88 bits per heavy atom. The molecule has 0 saturated heterocycles. The fourth-order valence-electron chi connectivity index (χ4n) is 1.78. The van der Waals surface area contributed by atoms with Crippen molar-refractivity contribution < 1.29 is 27.8 Å². The molecule has 1 N–H and O–H groups in total. The zero-order valence-electron chi connectivity index (χ0n) is 12.5. The molecule has 0 aliphatic heterocycles. The summed E-state index contributed by atoms with van der Waals surface area (Å²) in [5, 5.41) is 10.6. The van der Waals surface area contributed by atoms with Crippen LogP contribution in [0.4, 0.5) is 5.69 Å². The molecule has 0 radical (unpaired) electrons. The van der Waals surface area contributed by atoms with Crippen molar-refractivity contribution in [1.82, 2.24) is 0 Å². The van der Waals surface area contributed by atoms with Crippen LogP contribution in [0.3, 0.4) is 0 Å². The molecule has 7 nitrogen and oxygen atoms in total. The van der Waals surface area contributed by atoms with E-state index in [0.717, 1.165) is 0 Å². The number of carbonyl (C=O) groups is 1. The van der Waals surface area contributed by atoms with Crippen molar-refractivity contribution in [3.63, 3.8) is 0 Å². The van der Waals surface area contributed by atoms with E-state index in [1.165, 1.54) is 49.6 Å². The predicted molar refractivity (Wildman–Crippen MR) is 85.8 cm³/mol. The third-order valence-corrected chi connectivity index (χ3v) is 4.59. The fourth-order valence-corrected chi connectivity index (χ4v) is 3.05. The third kappa shape index (κ3) is 4.53. The van der Waals surface area contributed by atoms with Crippen LogP contribution < -0.4 is 19.3 Å². The largest absolute Gasteiger partial charge is 0.546 e. The second-order valence-corrected chi connectivity index (χ2v) is 6.68. The summed E-state index contributed by atoms with van der Waals surface area (Å²) in [6.45, 7) is -0.588. The van der Waals surface area contributed by atoms with Crippen LogP contribution in [0.25, 0.3) is 0 Å². The van der Waals surface area contributed by atoms with Crippen molar-refractivity contribution in [3.05, 3.63) is 47.5 Å². The minimum atomic E-state index is -3.83. The summed E-state index contributed by atoms with van der Waals surface area (Å²) in [7, 11) is -2.45. The molecule has 9 heteroatoms. The zero-order chi connectivity index (χ0) is 17.7. The Kier molecular flexibility index (Phi) is 5.53. The lowest BCUT2D eigenvalue weighted by molar-refractivity contribution is -0.307. The number of carboxylic acids is 1. The van der Waals surface area contributed by atoms with Gasteiger partial charge in [-0.1, -0.05) is 11.6 Å². The first kappa shape index (κ1) is 17.9. The van der Waals surface area contributed by atoms with Crippen molar-refractivity contribution >= 4 is 33.3 Å². The first-order valence-corrected chi connectivity index (χ1v) is 8.47. The number of carbonyl (C=O) groups excluding carboxylic acids is 1. The summed E-state index contributed by atoms with van der Waals surface area (Å²) in [6.07, 6.45) is 0. The van der Waals surface area contributed by atoms with Crippen LogP contribution in [-0.2, 0) is 14.8 Å². The summed E-state index contributed by atoms with van der Waals surface area (Å²) in [5.74, 6) is -0.836. The lowest BCUT2D eigenvalue weighted by Crippen LogP contribution is -2.28. The van der Waals surface area contributed by atoms with Gasteiger partial charge in [-0.3, -0.25) is 4.72 Å². The van der Waals surface area contributed by atoms with Crippen LogP contribution in [0, 0.1) is 0 Å². The van der Waals surface area contributed by atoms with Gasteiger partial charge in [0.1, 0.15) is 18.1 Å². The lowest BCUT2D eigenvalue weighted by Gasteiger charge is -2.11. The van der Waals surface area contributed by atoms with Crippen molar-refractivity contribution in [3.8, 4) is 11.5 Å². The number of methoxy groups -OCH3 is 1. The Labute approximate surface area is 143 Å². The van der Waals surface area contributed by atoms with Crippen LogP contribution in [0.1, 0.15) is 0 Å². The topological polar surface area (TPSA) is 105 Å². The van der Waals surface area contributed by atoms with Gasteiger partial charge in [0.15, 0.2) is 0 Å². The quantitative estimate of drug-likeness (QED) is 0.787. The number of sulfonamides is 1. The molecule has 2 rings (SSSR count). The van der Waals surface area contributed by atoms with E-state index in [-0.39, 0.29) is 22.1 Å². The van der Waals surface area contributed by atoms with Crippen LogP contribution >= 0.6 is 11.6 Å². The molecule has 0 atom stereocenters. The Balaban J connectivity index is 2.15. The number of aliphatic carboxylic acids is 1. The maximum absolute atomic E-state index is 12.4. The minimum absolute atomic E-state index is 0.0129. The van der Waals surface area contributed by atoms with Gasteiger partial charge in [0.05, 0.1) is 23.0 Å². The summed E-state index contributed by atoms with van der Waals surface area (Å²) in [5.41, 5.74) is 0.282. The van der Waals surface area contributed by atoms with Crippen molar-refractivity contribution in [2.45, 2.75) is 4.90 Å². The summed E-state index contributed by atoms with van der Waals surface area (Å²) in [4.78, 5) is 10.3. The van der Waals surface area contributed by atoms with Crippen molar-refractivity contribution in [1.29, 1.82) is 0 Å². The van der Waals surface area contributed by atoms with Gasteiger partial charge in [0.2, 0.25) is 0 Å². The first-order chi connectivity index (χ1) is 11.3. The second kappa shape index (κ2) is 7.41. The molecule has 0 bridgehead atoms. The van der Waals surface area contributed by atoms with E-state index in [4.69, 9.17) is 21.1 Å². The van der Waals surface area contributed by atoms with Gasteiger partial charge in [0.25, 0.3) is 10.0 Å². The molecule has 0 fully saturated rings. The molecule has 0 unspecified atom stereocenters. The smallest absolute Gasteiger partial charge is 0.262 e. The number of anilines is 1. The molecule has 0 aromatic heterocycles. The maximum Gasteiger partial charge on any atom is 0.262 e. The van der Waals surface area contributed by atoms with Crippen LogP contribution in [0.5, 0.6) is 11.5 Å².